The van der Waals surface area contributed by atoms with Crippen molar-refractivity contribution in [2.45, 2.75) is 18.9 Å². The highest BCUT2D eigenvalue weighted by atomic mass is 35.5. The van der Waals surface area contributed by atoms with E-state index in [-0.39, 0.29) is 12.0 Å². The van der Waals surface area contributed by atoms with Crippen molar-refractivity contribution in [3.63, 3.8) is 0 Å². The standard InChI is InChI=1S/C20H19ClN2O2/c21-15-5-7-16(8-6-15)25-17-9-11-23(12-10-17)20(24)19-13-14-3-1-2-4-18(14)22-19/h1-8,13,17,22H,9-12H2. The Kier molecular flexibility index (Phi) is 4.36. The molecule has 4 nitrogen and oxygen atoms in total. The summed E-state index contributed by atoms with van der Waals surface area (Å²) in [6.45, 7) is 1.40. The number of halogens is 1. The molecule has 4 rings (SSSR count). The molecule has 5 heteroatoms. The normalized spacial score (nSPS) is 15.5. The molecule has 0 radical (unpaired) electrons. The molecular weight excluding hydrogens is 336 g/mol. The average Bonchev–Trinajstić information content (AvgIpc) is 3.08. The van der Waals surface area contributed by atoms with Crippen LogP contribution in [0.15, 0.2) is 54.6 Å². The van der Waals surface area contributed by atoms with Gasteiger partial charge in [0.1, 0.15) is 17.5 Å². The summed E-state index contributed by atoms with van der Waals surface area (Å²) in [5.41, 5.74) is 1.64. The van der Waals surface area contributed by atoms with Crippen LogP contribution in [-0.2, 0) is 0 Å². The number of hydrogen-bond acceptors (Lipinski definition) is 2. The summed E-state index contributed by atoms with van der Waals surface area (Å²) in [5, 5.41) is 1.76. The first-order chi connectivity index (χ1) is 12.2. The van der Waals surface area contributed by atoms with Crippen molar-refractivity contribution in [1.82, 2.24) is 9.88 Å². The molecule has 0 bridgehead atoms. The number of carbonyl (C=O) groups excluding carboxylic acids is 1. The van der Waals surface area contributed by atoms with E-state index in [9.17, 15) is 4.79 Å². The van der Waals surface area contributed by atoms with Gasteiger partial charge in [0.15, 0.2) is 0 Å². The molecule has 25 heavy (non-hydrogen) atoms. The largest absolute Gasteiger partial charge is 0.490 e. The first kappa shape index (κ1) is 16.0. The van der Waals surface area contributed by atoms with E-state index in [4.69, 9.17) is 16.3 Å². The third-order valence-corrected chi connectivity index (χ3v) is 4.86. The molecule has 0 spiro atoms. The van der Waals surface area contributed by atoms with Crippen LogP contribution in [0.1, 0.15) is 23.3 Å². The fourth-order valence-electron chi connectivity index (χ4n) is 3.24. The molecule has 1 amide bonds. The molecule has 0 unspecified atom stereocenters. The number of hydrogen-bond donors (Lipinski definition) is 1. The van der Waals surface area contributed by atoms with Gasteiger partial charge in [0.05, 0.1) is 0 Å². The molecule has 0 saturated carbocycles. The van der Waals surface area contributed by atoms with Crippen LogP contribution in [0.2, 0.25) is 5.02 Å². The highest BCUT2D eigenvalue weighted by Crippen LogP contribution is 2.22. The van der Waals surface area contributed by atoms with Crippen molar-refractivity contribution in [2.75, 3.05) is 13.1 Å². The number of benzene rings is 2. The number of amides is 1. The summed E-state index contributed by atoms with van der Waals surface area (Å²) in [6.07, 6.45) is 1.79. The molecule has 2 heterocycles. The Morgan fingerprint density at radius 2 is 1.80 bits per heavy atom. The Bertz CT molecular complexity index is 847. The highest BCUT2D eigenvalue weighted by Gasteiger charge is 2.25. The Balaban J connectivity index is 1.37. The summed E-state index contributed by atoms with van der Waals surface area (Å²) in [6, 6.07) is 17.3. The van der Waals surface area contributed by atoms with Crippen LogP contribution in [-0.4, -0.2) is 35.0 Å². The van der Waals surface area contributed by atoms with Gasteiger partial charge in [-0.1, -0.05) is 29.8 Å². The summed E-state index contributed by atoms with van der Waals surface area (Å²) >= 11 is 5.89. The topological polar surface area (TPSA) is 45.3 Å². The number of nitrogens with zero attached hydrogens (tertiary/aromatic N) is 1. The van der Waals surface area contributed by atoms with Gasteiger partial charge in [0, 0.05) is 41.9 Å². The summed E-state index contributed by atoms with van der Waals surface area (Å²) in [4.78, 5) is 17.8. The fraction of sp³-hybridized carbons (Fsp3) is 0.250. The van der Waals surface area contributed by atoms with Crippen molar-refractivity contribution < 1.29 is 9.53 Å². The maximum atomic E-state index is 12.7. The zero-order valence-electron chi connectivity index (χ0n) is 13.7. The van der Waals surface area contributed by atoms with Crippen molar-refractivity contribution in [2.24, 2.45) is 0 Å². The van der Waals surface area contributed by atoms with E-state index in [0.717, 1.165) is 29.5 Å². The first-order valence-electron chi connectivity index (χ1n) is 8.48. The minimum Gasteiger partial charge on any atom is -0.490 e. The zero-order chi connectivity index (χ0) is 17.2. The smallest absolute Gasteiger partial charge is 0.270 e. The minimum absolute atomic E-state index is 0.0566. The van der Waals surface area contributed by atoms with Gasteiger partial charge in [-0.3, -0.25) is 4.79 Å². The molecule has 0 atom stereocenters. The van der Waals surface area contributed by atoms with Crippen LogP contribution in [0.4, 0.5) is 0 Å². The number of ether oxygens (including phenoxy) is 1. The van der Waals surface area contributed by atoms with Crippen LogP contribution in [0.5, 0.6) is 5.75 Å². The Labute approximate surface area is 151 Å². The minimum atomic E-state index is 0.0566. The third-order valence-electron chi connectivity index (χ3n) is 4.61. The van der Waals surface area contributed by atoms with E-state index in [0.29, 0.717) is 23.8 Å². The van der Waals surface area contributed by atoms with Crippen molar-refractivity contribution in [3.05, 3.63) is 65.3 Å². The lowest BCUT2D eigenvalue weighted by Crippen LogP contribution is -2.41. The lowest BCUT2D eigenvalue weighted by molar-refractivity contribution is 0.0591. The predicted octanol–water partition coefficient (Wildman–Crippen LogP) is 4.50. The maximum absolute atomic E-state index is 12.7. The number of fused-ring (bicyclic) bond motifs is 1. The number of likely N-dealkylation sites (tertiary alicyclic amines) is 1. The van der Waals surface area contributed by atoms with Gasteiger partial charge in [0.2, 0.25) is 0 Å². The number of aromatic amines is 1. The molecule has 128 valence electrons. The number of H-pyrrole nitrogens is 1. The van der Waals surface area contributed by atoms with Gasteiger partial charge in [-0.05, 0) is 36.4 Å². The molecule has 0 aliphatic carbocycles. The van der Waals surface area contributed by atoms with Gasteiger partial charge in [-0.15, -0.1) is 0 Å². The summed E-state index contributed by atoms with van der Waals surface area (Å²) in [7, 11) is 0. The molecule has 1 aliphatic rings. The van der Waals surface area contributed by atoms with Gasteiger partial charge in [-0.25, -0.2) is 0 Å². The first-order valence-corrected chi connectivity index (χ1v) is 8.86. The molecule has 1 N–H and O–H groups in total. The quantitative estimate of drug-likeness (QED) is 0.752. The lowest BCUT2D eigenvalue weighted by atomic mass is 10.1. The monoisotopic (exact) mass is 354 g/mol. The van der Waals surface area contributed by atoms with Crippen molar-refractivity contribution in [1.29, 1.82) is 0 Å². The van der Waals surface area contributed by atoms with Crippen LogP contribution < -0.4 is 4.74 Å². The molecular formula is C20H19ClN2O2. The second kappa shape index (κ2) is 6.81. The lowest BCUT2D eigenvalue weighted by Gasteiger charge is -2.32. The molecule has 3 aromatic rings. The third kappa shape index (κ3) is 3.49. The van der Waals surface area contributed by atoms with E-state index in [1.54, 1.807) is 0 Å². The van der Waals surface area contributed by atoms with Gasteiger partial charge >= 0.3 is 0 Å². The van der Waals surface area contributed by atoms with E-state index >= 15 is 0 Å². The van der Waals surface area contributed by atoms with Crippen molar-refractivity contribution >= 4 is 28.4 Å². The second-order valence-corrected chi connectivity index (χ2v) is 6.77. The van der Waals surface area contributed by atoms with Crippen molar-refractivity contribution in [3.8, 4) is 5.75 Å². The average molecular weight is 355 g/mol. The SMILES string of the molecule is O=C(c1cc2ccccc2[nH]1)N1CCC(Oc2ccc(Cl)cc2)CC1. The number of piperidine rings is 1. The van der Waals surface area contributed by atoms with E-state index in [1.807, 2.05) is 59.5 Å². The Morgan fingerprint density at radius 1 is 1.08 bits per heavy atom. The maximum Gasteiger partial charge on any atom is 0.270 e. The summed E-state index contributed by atoms with van der Waals surface area (Å²) in [5.74, 6) is 0.880. The molecule has 2 aromatic carbocycles. The highest BCUT2D eigenvalue weighted by molar-refractivity contribution is 6.30. The van der Waals surface area contributed by atoms with Crippen LogP contribution in [0.25, 0.3) is 10.9 Å². The van der Waals surface area contributed by atoms with Gasteiger partial charge < -0.3 is 14.6 Å². The van der Waals surface area contributed by atoms with Gasteiger partial charge in [0.25, 0.3) is 5.91 Å². The number of aromatic nitrogens is 1. The molecule has 1 saturated heterocycles. The number of carbonyl (C=O) groups is 1. The van der Waals surface area contributed by atoms with Crippen LogP contribution in [0.3, 0.4) is 0 Å². The molecule has 1 aromatic heterocycles. The Morgan fingerprint density at radius 3 is 2.52 bits per heavy atom. The van der Waals surface area contributed by atoms with Crippen LogP contribution >= 0.6 is 11.6 Å². The molecule has 1 aliphatic heterocycles. The van der Waals surface area contributed by atoms with Gasteiger partial charge in [-0.2, -0.15) is 0 Å². The molecule has 1 fully saturated rings. The number of rotatable bonds is 3. The number of para-hydroxylation sites is 1. The van der Waals surface area contributed by atoms with E-state index < -0.39 is 0 Å². The van der Waals surface area contributed by atoms with E-state index in [1.165, 1.54) is 0 Å². The van der Waals surface area contributed by atoms with E-state index in [2.05, 4.69) is 4.98 Å². The van der Waals surface area contributed by atoms with Crippen LogP contribution in [0, 0.1) is 0 Å². The zero-order valence-corrected chi connectivity index (χ0v) is 14.5. The fourth-order valence-corrected chi connectivity index (χ4v) is 3.37. The summed E-state index contributed by atoms with van der Waals surface area (Å²) < 4.78 is 5.99. The number of nitrogens with one attached hydrogen (secondary N) is 1. The Hall–Kier alpha value is -2.46. The predicted molar refractivity (Wildman–Crippen MR) is 99.3 cm³/mol. The second-order valence-electron chi connectivity index (χ2n) is 6.33.